The molecule has 1 aromatic heterocycles. The number of morpholine rings is 1. The number of rotatable bonds is 12. The van der Waals surface area contributed by atoms with E-state index in [9.17, 15) is 0 Å². The Labute approximate surface area is 221 Å². The summed E-state index contributed by atoms with van der Waals surface area (Å²) >= 11 is 1.56. The minimum atomic E-state index is -0.445. The topological polar surface area (TPSA) is 128 Å². The van der Waals surface area contributed by atoms with Gasteiger partial charge in [0, 0.05) is 42.1 Å². The van der Waals surface area contributed by atoms with Gasteiger partial charge in [-0.3, -0.25) is 4.90 Å². The number of benzene rings is 2. The number of nitrogens with zero attached hydrogens (tertiary/aromatic N) is 3. The van der Waals surface area contributed by atoms with Crippen molar-refractivity contribution in [2.45, 2.75) is 38.9 Å². The summed E-state index contributed by atoms with van der Waals surface area (Å²) in [6, 6.07) is 15.0. The highest BCUT2D eigenvalue weighted by Gasteiger charge is 2.17. The number of oxime groups is 1. The Morgan fingerprint density at radius 1 is 1.11 bits per heavy atom. The van der Waals surface area contributed by atoms with Crippen LogP contribution in [0.15, 0.2) is 53.7 Å². The van der Waals surface area contributed by atoms with Crippen molar-refractivity contribution in [3.05, 3.63) is 59.0 Å². The van der Waals surface area contributed by atoms with Gasteiger partial charge in [0.05, 0.1) is 18.9 Å². The summed E-state index contributed by atoms with van der Waals surface area (Å²) in [4.78, 5) is 8.22. The second-order valence-corrected chi connectivity index (χ2v) is 9.98. The normalized spacial score (nSPS) is 15.4. The molecule has 9 nitrogen and oxygen atoms in total. The lowest BCUT2D eigenvalue weighted by molar-refractivity contribution is -0.00211. The van der Waals surface area contributed by atoms with Crippen molar-refractivity contribution in [1.82, 2.24) is 9.88 Å². The Kier molecular flexibility index (Phi) is 9.58. The zero-order valence-corrected chi connectivity index (χ0v) is 22.0. The second kappa shape index (κ2) is 13.3. The molecule has 0 spiro atoms. The van der Waals surface area contributed by atoms with Gasteiger partial charge in [0.25, 0.3) is 0 Å². The van der Waals surface area contributed by atoms with Crippen LogP contribution in [0.1, 0.15) is 36.6 Å². The van der Waals surface area contributed by atoms with E-state index in [2.05, 4.69) is 22.0 Å². The van der Waals surface area contributed by atoms with Crippen LogP contribution in [-0.2, 0) is 11.2 Å². The van der Waals surface area contributed by atoms with E-state index in [-0.39, 0.29) is 5.84 Å². The predicted molar refractivity (Wildman–Crippen MR) is 146 cm³/mol. The Hall–Kier alpha value is -3.34. The number of ether oxygens (including phenoxy) is 3. The molecule has 2 heterocycles. The number of unbranched alkanes of at least 4 members (excludes halogenated alkanes) is 1. The highest BCUT2D eigenvalue weighted by atomic mass is 32.1. The van der Waals surface area contributed by atoms with Gasteiger partial charge in [-0.05, 0) is 61.4 Å². The maximum atomic E-state index is 8.85. The first-order valence-corrected chi connectivity index (χ1v) is 13.4. The van der Waals surface area contributed by atoms with Crippen molar-refractivity contribution >= 4 is 22.3 Å². The average Bonchev–Trinajstić information content (AvgIpc) is 3.31. The number of nitrogens with two attached hydrogens (primary N) is 2. The van der Waals surface area contributed by atoms with Crippen LogP contribution in [0, 0.1) is 0 Å². The second-order valence-electron chi connectivity index (χ2n) is 8.87. The van der Waals surface area contributed by atoms with Gasteiger partial charge in [-0.25, -0.2) is 4.98 Å². The van der Waals surface area contributed by atoms with Crippen LogP contribution >= 0.6 is 11.3 Å². The van der Waals surface area contributed by atoms with E-state index >= 15 is 0 Å². The maximum absolute atomic E-state index is 8.85. The van der Waals surface area contributed by atoms with Crippen LogP contribution in [0.5, 0.6) is 11.5 Å². The van der Waals surface area contributed by atoms with Gasteiger partial charge < -0.3 is 30.9 Å². The highest BCUT2D eigenvalue weighted by molar-refractivity contribution is 7.15. The third-order valence-electron chi connectivity index (χ3n) is 6.19. The Balaban J connectivity index is 1.41. The van der Waals surface area contributed by atoms with Gasteiger partial charge >= 0.3 is 0 Å². The van der Waals surface area contributed by atoms with Crippen molar-refractivity contribution in [2.75, 3.05) is 38.6 Å². The number of hydrogen-bond acceptors (Lipinski definition) is 9. The number of hydrogen-bond donors (Lipinski definition) is 3. The number of amidine groups is 1. The average molecular weight is 526 g/mol. The first-order chi connectivity index (χ1) is 18.1. The van der Waals surface area contributed by atoms with Crippen molar-refractivity contribution in [2.24, 2.45) is 10.9 Å². The number of nitrogen functional groups attached to an aromatic ring is 1. The SMILES string of the molecule is CCCCC(Oc1ccc(C(N)=NO)cc1)Oc1ccc(-c2nc(N)sc2CCN2CCOCC2)cc1. The summed E-state index contributed by atoms with van der Waals surface area (Å²) in [5.41, 5.74) is 14.3. The molecule has 0 aliphatic carbocycles. The summed E-state index contributed by atoms with van der Waals surface area (Å²) in [7, 11) is 0. The zero-order valence-electron chi connectivity index (χ0n) is 21.1. The molecule has 3 aromatic rings. The van der Waals surface area contributed by atoms with Crippen LogP contribution in [-0.4, -0.2) is 60.1 Å². The highest BCUT2D eigenvalue weighted by Crippen LogP contribution is 2.32. The smallest absolute Gasteiger partial charge is 0.241 e. The molecule has 2 aromatic carbocycles. The fraction of sp³-hybridized carbons (Fsp3) is 0.407. The number of thiazole rings is 1. The first-order valence-electron chi connectivity index (χ1n) is 12.6. The van der Waals surface area contributed by atoms with E-state index in [4.69, 9.17) is 30.9 Å². The quantitative estimate of drug-likeness (QED) is 0.105. The van der Waals surface area contributed by atoms with Crippen LogP contribution in [0.2, 0.25) is 0 Å². The Bertz CT molecular complexity index is 1140. The lowest BCUT2D eigenvalue weighted by atomic mass is 10.1. The number of anilines is 1. The van der Waals surface area contributed by atoms with Gasteiger partial charge in [-0.15, -0.1) is 11.3 Å². The molecule has 1 fully saturated rings. The van der Waals surface area contributed by atoms with Crippen LogP contribution in [0.25, 0.3) is 11.3 Å². The molecule has 4 rings (SSSR count). The molecular formula is C27H35N5O4S. The molecule has 1 saturated heterocycles. The first kappa shape index (κ1) is 26.7. The minimum absolute atomic E-state index is 0.0524. The van der Waals surface area contributed by atoms with Gasteiger partial charge in [-0.1, -0.05) is 18.5 Å². The fourth-order valence-corrected chi connectivity index (χ4v) is 4.96. The molecule has 198 valence electrons. The molecule has 1 aliphatic heterocycles. The fourth-order valence-electron chi connectivity index (χ4n) is 4.12. The summed E-state index contributed by atoms with van der Waals surface area (Å²) < 4.78 is 17.8. The van der Waals surface area contributed by atoms with E-state index in [0.29, 0.717) is 16.4 Å². The molecule has 0 bridgehead atoms. The molecule has 0 radical (unpaired) electrons. The molecule has 1 aliphatic rings. The molecule has 0 saturated carbocycles. The summed E-state index contributed by atoms with van der Waals surface area (Å²) in [6.45, 7) is 6.61. The van der Waals surface area contributed by atoms with Crippen LogP contribution in [0.3, 0.4) is 0 Å². The summed E-state index contributed by atoms with van der Waals surface area (Å²) in [5, 5.41) is 12.5. The lowest BCUT2D eigenvalue weighted by Gasteiger charge is -2.26. The molecule has 10 heteroatoms. The van der Waals surface area contributed by atoms with Crippen LogP contribution in [0.4, 0.5) is 5.13 Å². The third-order valence-corrected chi connectivity index (χ3v) is 7.13. The van der Waals surface area contributed by atoms with Crippen molar-refractivity contribution in [1.29, 1.82) is 0 Å². The van der Waals surface area contributed by atoms with Crippen molar-refractivity contribution < 1.29 is 19.4 Å². The zero-order chi connectivity index (χ0) is 26.0. The molecule has 37 heavy (non-hydrogen) atoms. The molecule has 5 N–H and O–H groups in total. The summed E-state index contributed by atoms with van der Waals surface area (Å²) in [5.74, 6) is 1.42. The molecule has 1 unspecified atom stereocenters. The van der Waals surface area contributed by atoms with E-state index in [1.165, 1.54) is 4.88 Å². The largest absolute Gasteiger partial charge is 0.455 e. The predicted octanol–water partition coefficient (Wildman–Crippen LogP) is 4.34. The standard InChI is InChI=1S/C27H35N5O4S/c1-2-3-4-24(36-22-11-7-20(8-12-22)26(28)31-33)35-21-9-5-19(6-10-21)25-23(37-27(29)30-25)13-14-32-15-17-34-18-16-32/h5-12,24,33H,2-4,13-18H2,1H3,(H2,28,31)(H2,29,30). The minimum Gasteiger partial charge on any atom is -0.455 e. The van der Waals surface area contributed by atoms with E-state index in [1.54, 1.807) is 35.6 Å². The van der Waals surface area contributed by atoms with Gasteiger partial charge in [-0.2, -0.15) is 0 Å². The lowest BCUT2D eigenvalue weighted by Crippen LogP contribution is -2.37. The van der Waals surface area contributed by atoms with Gasteiger partial charge in [0.1, 0.15) is 11.5 Å². The van der Waals surface area contributed by atoms with E-state index in [1.807, 2.05) is 24.3 Å². The van der Waals surface area contributed by atoms with E-state index in [0.717, 1.165) is 75.5 Å². The van der Waals surface area contributed by atoms with Gasteiger partial charge in [0.15, 0.2) is 11.0 Å². The molecule has 0 amide bonds. The Morgan fingerprint density at radius 3 is 2.38 bits per heavy atom. The number of aromatic nitrogens is 1. The summed E-state index contributed by atoms with van der Waals surface area (Å²) in [6.07, 6.45) is 3.21. The van der Waals surface area contributed by atoms with Crippen molar-refractivity contribution in [3.8, 4) is 22.8 Å². The molecular weight excluding hydrogens is 490 g/mol. The van der Waals surface area contributed by atoms with E-state index < -0.39 is 6.29 Å². The van der Waals surface area contributed by atoms with Gasteiger partial charge in [0.2, 0.25) is 6.29 Å². The molecule has 1 atom stereocenters. The van der Waals surface area contributed by atoms with Crippen molar-refractivity contribution in [3.63, 3.8) is 0 Å². The maximum Gasteiger partial charge on any atom is 0.241 e. The third kappa shape index (κ3) is 7.58. The Morgan fingerprint density at radius 2 is 1.76 bits per heavy atom. The van der Waals surface area contributed by atoms with Crippen LogP contribution < -0.4 is 20.9 Å². The monoisotopic (exact) mass is 525 g/mol.